The lowest BCUT2D eigenvalue weighted by Gasteiger charge is -1.94. The van der Waals surface area contributed by atoms with Gasteiger partial charge in [-0.1, -0.05) is 0 Å². The fourth-order valence-corrected chi connectivity index (χ4v) is 0.779. The Balaban J connectivity index is 2.63. The van der Waals surface area contributed by atoms with Gasteiger partial charge in [0.05, 0.1) is 5.97 Å². The largest absolute Gasteiger partial charge is 0.547 e. The molecule has 0 bridgehead atoms. The predicted octanol–water partition coefficient (Wildman–Crippen LogP) is -2.99. The summed E-state index contributed by atoms with van der Waals surface area (Å²) in [5.41, 5.74) is 2.38. The van der Waals surface area contributed by atoms with Gasteiger partial charge >= 0.3 is 0 Å². The summed E-state index contributed by atoms with van der Waals surface area (Å²) < 4.78 is 2.39. The van der Waals surface area contributed by atoms with Gasteiger partial charge in [-0.05, 0) is 0 Å². The van der Waals surface area contributed by atoms with Crippen molar-refractivity contribution in [2.45, 2.75) is 13.5 Å². The quantitative estimate of drug-likeness (QED) is 0.507. The van der Waals surface area contributed by atoms with Crippen LogP contribution in [0, 0.1) is 0 Å². The van der Waals surface area contributed by atoms with Crippen LogP contribution in [-0.4, -0.2) is 21.7 Å². The molecule has 1 amide bonds. The lowest BCUT2D eigenvalue weighted by atomic mass is 10.7. The van der Waals surface area contributed by atoms with Crippen molar-refractivity contribution in [3.63, 3.8) is 0 Å². The van der Waals surface area contributed by atoms with E-state index < -0.39 is 5.97 Å². The third kappa shape index (κ3) is 2.89. The summed E-state index contributed by atoms with van der Waals surface area (Å²) in [5, 5.41) is 13.8. The fraction of sp³-hybridized carbons (Fsp3) is 0.333. The average Bonchev–Trinajstić information content (AvgIpc) is 2.33. The van der Waals surface area contributed by atoms with E-state index in [4.69, 9.17) is 0 Å². The van der Waals surface area contributed by atoms with E-state index in [1.54, 1.807) is 0 Å². The minimum absolute atomic E-state index is 0.266. The molecule has 1 heterocycles. The van der Waals surface area contributed by atoms with Crippen molar-refractivity contribution in [2.75, 3.05) is 5.43 Å². The number of amides is 1. The summed E-state index contributed by atoms with van der Waals surface area (Å²) in [6.45, 7) is 0.996. The Morgan fingerprint density at radius 1 is 1.69 bits per heavy atom. The van der Waals surface area contributed by atoms with E-state index in [1.165, 1.54) is 24.3 Å². The topological polar surface area (TPSA) is 90.9 Å². The first-order valence-corrected chi connectivity index (χ1v) is 3.49. The summed E-state index contributed by atoms with van der Waals surface area (Å²) in [6.07, 6.45) is 2.61. The second-order valence-electron chi connectivity index (χ2n) is 2.39. The normalized spacial score (nSPS) is 9.62. The number of hydrogen-bond acceptors (Lipinski definition) is 4. The van der Waals surface area contributed by atoms with Gasteiger partial charge in [0.1, 0.15) is 6.54 Å². The van der Waals surface area contributed by atoms with Gasteiger partial charge in [0, 0.05) is 12.0 Å². The molecule has 0 aliphatic carbocycles. The Morgan fingerprint density at radius 3 is 2.92 bits per heavy atom. The highest BCUT2D eigenvalue weighted by atomic mass is 16.4. The zero-order valence-corrected chi connectivity index (χ0v) is 6.93. The molecule has 7 heteroatoms. The van der Waals surface area contributed by atoms with E-state index in [0.29, 0.717) is 0 Å². The molecule has 0 spiro atoms. The lowest BCUT2D eigenvalue weighted by Crippen LogP contribution is -2.46. The van der Waals surface area contributed by atoms with Crippen molar-refractivity contribution in [3.05, 3.63) is 12.7 Å². The molecule has 0 unspecified atom stereocenters. The Hall–Kier alpha value is -1.92. The Labute approximate surface area is 73.6 Å². The van der Waals surface area contributed by atoms with Gasteiger partial charge < -0.3 is 9.90 Å². The molecule has 1 aromatic rings. The van der Waals surface area contributed by atoms with Crippen LogP contribution in [0.4, 0.5) is 0 Å². The molecule has 13 heavy (non-hydrogen) atoms. The van der Waals surface area contributed by atoms with Crippen molar-refractivity contribution in [1.82, 2.24) is 9.78 Å². The van der Waals surface area contributed by atoms with Gasteiger partial charge in [0.25, 0.3) is 6.33 Å². The van der Waals surface area contributed by atoms with Crippen molar-refractivity contribution in [2.24, 2.45) is 0 Å². The van der Waals surface area contributed by atoms with Crippen molar-refractivity contribution in [3.8, 4) is 0 Å². The van der Waals surface area contributed by atoms with Crippen LogP contribution in [0.15, 0.2) is 12.7 Å². The molecule has 7 nitrogen and oxygen atoms in total. The number of carboxylic acids is 1. The highest BCUT2D eigenvalue weighted by molar-refractivity contribution is 5.79. The zero-order valence-electron chi connectivity index (χ0n) is 6.93. The molecule has 0 saturated heterocycles. The van der Waals surface area contributed by atoms with E-state index in [2.05, 4.69) is 10.5 Å². The summed E-state index contributed by atoms with van der Waals surface area (Å²) in [4.78, 5) is 20.7. The van der Waals surface area contributed by atoms with Gasteiger partial charge in [0.15, 0.2) is 0 Å². The number of nitrogens with one attached hydrogen (secondary N) is 1. The van der Waals surface area contributed by atoms with Gasteiger partial charge in [-0.2, -0.15) is 0 Å². The van der Waals surface area contributed by atoms with Crippen LogP contribution in [0.1, 0.15) is 6.92 Å². The molecular formula is C6H8N4O3. The maximum atomic E-state index is 10.5. The van der Waals surface area contributed by atoms with Gasteiger partial charge in [-0.15, -0.1) is 9.36 Å². The number of rotatable bonds is 3. The maximum Gasteiger partial charge on any atom is 0.287 e. The third-order valence-electron chi connectivity index (χ3n) is 1.16. The SMILES string of the molecule is CC(=O)N[n+]1cnn(CC(=O)[O-])c1. The van der Waals surface area contributed by atoms with E-state index in [0.717, 1.165) is 4.68 Å². The molecule has 0 fully saturated rings. The number of aromatic nitrogens is 3. The van der Waals surface area contributed by atoms with Crippen LogP contribution in [-0.2, 0) is 16.1 Å². The summed E-state index contributed by atoms with van der Waals surface area (Å²) in [7, 11) is 0. The zero-order chi connectivity index (χ0) is 9.84. The minimum atomic E-state index is -1.24. The second-order valence-corrected chi connectivity index (χ2v) is 2.39. The molecule has 0 aliphatic heterocycles. The molecule has 1 rings (SSSR count). The average molecular weight is 184 g/mol. The molecule has 0 aliphatic rings. The van der Waals surface area contributed by atoms with E-state index in [9.17, 15) is 14.7 Å². The molecule has 0 saturated carbocycles. The number of carbonyl (C=O) groups excluding carboxylic acids is 2. The van der Waals surface area contributed by atoms with Crippen LogP contribution in [0.2, 0.25) is 0 Å². The Morgan fingerprint density at radius 2 is 2.38 bits per heavy atom. The summed E-state index contributed by atoms with van der Waals surface area (Å²) in [5.74, 6) is -1.50. The predicted molar refractivity (Wildman–Crippen MR) is 37.5 cm³/mol. The fourth-order valence-electron chi connectivity index (χ4n) is 0.779. The summed E-state index contributed by atoms with van der Waals surface area (Å²) >= 11 is 0. The minimum Gasteiger partial charge on any atom is -0.547 e. The number of carboxylic acid groups (broad SMARTS) is 1. The third-order valence-corrected chi connectivity index (χ3v) is 1.16. The molecule has 0 radical (unpaired) electrons. The molecular weight excluding hydrogens is 176 g/mol. The molecule has 70 valence electrons. The molecule has 0 atom stereocenters. The first-order valence-electron chi connectivity index (χ1n) is 3.49. The number of hydrogen-bond donors (Lipinski definition) is 1. The highest BCUT2D eigenvalue weighted by Crippen LogP contribution is 1.75. The second kappa shape index (κ2) is 3.65. The van der Waals surface area contributed by atoms with Crippen LogP contribution in [0.5, 0.6) is 0 Å². The van der Waals surface area contributed by atoms with E-state index in [1.807, 2.05) is 0 Å². The Bertz CT molecular complexity index is 302. The number of carbonyl (C=O) groups is 2. The van der Waals surface area contributed by atoms with Crippen LogP contribution in [0.25, 0.3) is 0 Å². The van der Waals surface area contributed by atoms with Gasteiger partial charge in [-0.3, -0.25) is 4.79 Å². The Kier molecular flexibility index (Phi) is 2.58. The number of aliphatic carboxylic acids is 1. The van der Waals surface area contributed by atoms with Crippen molar-refractivity contribution < 1.29 is 19.4 Å². The monoisotopic (exact) mass is 184 g/mol. The standard InChI is InChI=1S/C6H8N4O3/c1-5(11)8-10-3-7-9(4-10)2-6(12)13/h3-4H,2H2,1H3,(H-,8,11,12,13). The molecule has 0 aromatic carbocycles. The van der Waals surface area contributed by atoms with Crippen LogP contribution >= 0.6 is 0 Å². The van der Waals surface area contributed by atoms with Crippen LogP contribution in [0.3, 0.4) is 0 Å². The van der Waals surface area contributed by atoms with Crippen molar-refractivity contribution in [1.29, 1.82) is 0 Å². The summed E-state index contributed by atoms with van der Waals surface area (Å²) in [6, 6.07) is 0. The van der Waals surface area contributed by atoms with Crippen molar-refractivity contribution >= 4 is 11.9 Å². The van der Waals surface area contributed by atoms with E-state index >= 15 is 0 Å². The van der Waals surface area contributed by atoms with E-state index in [-0.39, 0.29) is 12.5 Å². The van der Waals surface area contributed by atoms with Gasteiger partial charge in [-0.25, -0.2) is 5.43 Å². The highest BCUT2D eigenvalue weighted by Gasteiger charge is 2.05. The smallest absolute Gasteiger partial charge is 0.287 e. The number of nitrogens with zero attached hydrogens (tertiary/aromatic N) is 3. The van der Waals surface area contributed by atoms with Crippen LogP contribution < -0.4 is 15.2 Å². The molecule has 1 N–H and O–H groups in total. The maximum absolute atomic E-state index is 10.5. The first kappa shape index (κ1) is 9.17. The first-order chi connectivity index (χ1) is 6.08. The molecule has 1 aromatic heterocycles. The van der Waals surface area contributed by atoms with Gasteiger partial charge in [0.2, 0.25) is 12.2 Å². The lowest BCUT2D eigenvalue weighted by molar-refractivity contribution is -0.643.